The van der Waals surface area contributed by atoms with Crippen molar-refractivity contribution in [1.82, 2.24) is 24.5 Å². The summed E-state index contributed by atoms with van der Waals surface area (Å²) in [6.45, 7) is 5.01. The molecule has 9 nitrogen and oxygen atoms in total. The molecule has 24 heavy (non-hydrogen) atoms. The molecule has 10 heteroatoms. The predicted octanol–water partition coefficient (Wildman–Crippen LogP) is 2.13. The van der Waals surface area contributed by atoms with E-state index in [0.29, 0.717) is 18.8 Å². The molecular weight excluding hydrogens is 380 g/mol. The van der Waals surface area contributed by atoms with Gasteiger partial charge in [-0.15, -0.1) is 0 Å². The first-order valence-electron chi connectivity index (χ1n) is 7.46. The maximum absolute atomic E-state index is 12.2. The van der Waals surface area contributed by atoms with Crippen molar-refractivity contribution >= 4 is 27.5 Å². The van der Waals surface area contributed by atoms with Gasteiger partial charge in [-0.05, 0) is 29.8 Å². The van der Waals surface area contributed by atoms with Crippen molar-refractivity contribution in [3.63, 3.8) is 0 Å². The van der Waals surface area contributed by atoms with Crippen molar-refractivity contribution in [1.29, 1.82) is 0 Å². The highest BCUT2D eigenvalue weighted by atomic mass is 79.9. The van der Waals surface area contributed by atoms with Crippen molar-refractivity contribution < 1.29 is 9.72 Å². The van der Waals surface area contributed by atoms with E-state index in [0.717, 1.165) is 16.7 Å². The predicted molar refractivity (Wildman–Crippen MR) is 90.3 cm³/mol. The summed E-state index contributed by atoms with van der Waals surface area (Å²) in [4.78, 5) is 24.1. The van der Waals surface area contributed by atoms with Gasteiger partial charge in [0.05, 0.1) is 21.6 Å². The van der Waals surface area contributed by atoms with Crippen molar-refractivity contribution in [3.05, 3.63) is 38.4 Å². The molecule has 0 aliphatic heterocycles. The molecule has 2 heterocycles. The number of carbonyl (C=O) groups is 1. The number of hydrogen-bond acceptors (Lipinski definition) is 5. The van der Waals surface area contributed by atoms with Crippen LogP contribution in [0, 0.1) is 17.0 Å². The van der Waals surface area contributed by atoms with Crippen LogP contribution in [0.15, 0.2) is 16.9 Å². The number of halogens is 1. The Kier molecular flexibility index (Phi) is 5.71. The lowest BCUT2D eigenvalue weighted by atomic mass is 10.3. The van der Waals surface area contributed by atoms with E-state index in [-0.39, 0.29) is 18.0 Å². The molecule has 0 spiro atoms. The molecule has 2 rings (SSSR count). The SMILES string of the molecule is CCn1cc(Br)c(CN(C)C(=O)CCn2cc([N+](=O)[O-])c(C)n2)n1. The summed E-state index contributed by atoms with van der Waals surface area (Å²) in [5.41, 5.74) is 1.10. The molecule has 2 aromatic rings. The van der Waals surface area contributed by atoms with Crippen LogP contribution in [0.4, 0.5) is 5.69 Å². The normalized spacial score (nSPS) is 10.8. The Morgan fingerprint density at radius 3 is 2.62 bits per heavy atom. The number of aromatic nitrogens is 4. The lowest BCUT2D eigenvalue weighted by Gasteiger charge is -2.16. The van der Waals surface area contributed by atoms with E-state index in [1.807, 2.05) is 13.1 Å². The van der Waals surface area contributed by atoms with Gasteiger partial charge >= 0.3 is 5.69 Å². The molecule has 0 bridgehead atoms. The molecule has 0 fully saturated rings. The molecule has 0 N–H and O–H groups in total. The minimum absolute atomic E-state index is 0.0372. The molecule has 0 radical (unpaired) electrons. The molecule has 130 valence electrons. The molecule has 0 atom stereocenters. The summed E-state index contributed by atoms with van der Waals surface area (Å²) >= 11 is 3.44. The quantitative estimate of drug-likeness (QED) is 0.525. The summed E-state index contributed by atoms with van der Waals surface area (Å²) < 4.78 is 4.09. The Morgan fingerprint density at radius 1 is 1.38 bits per heavy atom. The van der Waals surface area contributed by atoms with Gasteiger partial charge in [0.2, 0.25) is 5.91 Å². The number of carbonyl (C=O) groups excluding carboxylic acids is 1. The third kappa shape index (κ3) is 4.19. The summed E-state index contributed by atoms with van der Waals surface area (Å²) in [6, 6.07) is 0. The van der Waals surface area contributed by atoms with Gasteiger partial charge in [-0.3, -0.25) is 24.3 Å². The highest BCUT2D eigenvalue weighted by Gasteiger charge is 2.17. The molecule has 0 saturated carbocycles. The van der Waals surface area contributed by atoms with Crippen LogP contribution in [0.3, 0.4) is 0 Å². The van der Waals surface area contributed by atoms with Crippen molar-refractivity contribution in [2.45, 2.75) is 39.9 Å². The molecule has 0 unspecified atom stereocenters. The summed E-state index contributed by atoms with van der Waals surface area (Å²) in [7, 11) is 1.70. The Bertz CT molecular complexity index is 754. The van der Waals surface area contributed by atoms with Gasteiger partial charge in [0.25, 0.3) is 0 Å². The zero-order chi connectivity index (χ0) is 17.9. The second-order valence-corrected chi connectivity index (χ2v) is 6.25. The molecular formula is C14H19BrN6O3. The van der Waals surface area contributed by atoms with Gasteiger partial charge in [-0.25, -0.2) is 0 Å². The number of rotatable bonds is 7. The van der Waals surface area contributed by atoms with E-state index >= 15 is 0 Å². The number of aryl methyl sites for hydroxylation is 3. The Hall–Kier alpha value is -2.23. The second kappa shape index (κ2) is 7.56. The summed E-state index contributed by atoms with van der Waals surface area (Å²) in [6.07, 6.45) is 3.43. The van der Waals surface area contributed by atoms with E-state index in [9.17, 15) is 14.9 Å². The second-order valence-electron chi connectivity index (χ2n) is 5.40. The molecule has 0 aliphatic carbocycles. The van der Waals surface area contributed by atoms with Crippen molar-refractivity contribution in [2.75, 3.05) is 7.05 Å². The molecule has 0 aliphatic rings. The fraction of sp³-hybridized carbons (Fsp3) is 0.500. The fourth-order valence-corrected chi connectivity index (χ4v) is 2.66. The Morgan fingerprint density at radius 2 is 2.08 bits per heavy atom. The average Bonchev–Trinajstić information content (AvgIpc) is 3.07. The van der Waals surface area contributed by atoms with Gasteiger partial charge in [0.1, 0.15) is 11.9 Å². The molecule has 1 amide bonds. The van der Waals surface area contributed by atoms with Crippen LogP contribution in [-0.2, 0) is 24.4 Å². The maximum Gasteiger partial charge on any atom is 0.309 e. The van der Waals surface area contributed by atoms with Crippen molar-refractivity contribution in [2.24, 2.45) is 0 Å². The standard InChI is InChI=1S/C14H19BrN6O3/c1-4-19-7-11(15)12(17-19)8-18(3)14(22)5-6-20-9-13(21(23)24)10(2)16-20/h7,9H,4-6,8H2,1-3H3. The van der Waals surface area contributed by atoms with Crippen LogP contribution >= 0.6 is 15.9 Å². The van der Waals surface area contributed by atoms with Gasteiger partial charge in [0, 0.05) is 32.8 Å². The van der Waals surface area contributed by atoms with Gasteiger partial charge < -0.3 is 4.90 Å². The van der Waals surface area contributed by atoms with Gasteiger partial charge in [0.15, 0.2) is 0 Å². The lowest BCUT2D eigenvalue weighted by Crippen LogP contribution is -2.27. The fourth-order valence-electron chi connectivity index (χ4n) is 2.22. The molecule has 2 aromatic heterocycles. The van der Waals surface area contributed by atoms with E-state index in [1.165, 1.54) is 10.9 Å². The minimum Gasteiger partial charge on any atom is -0.340 e. The first-order chi connectivity index (χ1) is 11.3. The first-order valence-corrected chi connectivity index (χ1v) is 8.25. The Balaban J connectivity index is 1.93. The Labute approximate surface area is 147 Å². The van der Waals surface area contributed by atoms with Crippen LogP contribution in [0.2, 0.25) is 0 Å². The zero-order valence-corrected chi connectivity index (χ0v) is 15.4. The average molecular weight is 399 g/mol. The third-order valence-corrected chi connectivity index (χ3v) is 4.26. The minimum atomic E-state index is -0.478. The highest BCUT2D eigenvalue weighted by Crippen LogP contribution is 2.17. The third-order valence-electron chi connectivity index (χ3n) is 3.60. The van der Waals surface area contributed by atoms with E-state index in [2.05, 4.69) is 26.1 Å². The summed E-state index contributed by atoms with van der Waals surface area (Å²) in [5.74, 6) is -0.0799. The zero-order valence-electron chi connectivity index (χ0n) is 13.8. The number of nitrogens with zero attached hydrogens (tertiary/aromatic N) is 6. The van der Waals surface area contributed by atoms with Crippen LogP contribution in [0.25, 0.3) is 0 Å². The topological polar surface area (TPSA) is 99.1 Å². The number of nitro groups is 1. The van der Waals surface area contributed by atoms with Crippen LogP contribution in [0.5, 0.6) is 0 Å². The smallest absolute Gasteiger partial charge is 0.309 e. The molecule has 0 saturated heterocycles. The van der Waals surface area contributed by atoms with Crippen LogP contribution in [-0.4, -0.2) is 42.3 Å². The maximum atomic E-state index is 12.2. The van der Waals surface area contributed by atoms with Crippen LogP contribution in [0.1, 0.15) is 24.7 Å². The van der Waals surface area contributed by atoms with E-state index < -0.39 is 4.92 Å². The van der Waals surface area contributed by atoms with E-state index in [4.69, 9.17) is 0 Å². The monoisotopic (exact) mass is 398 g/mol. The number of hydrogen-bond donors (Lipinski definition) is 0. The largest absolute Gasteiger partial charge is 0.340 e. The summed E-state index contributed by atoms with van der Waals surface area (Å²) in [5, 5.41) is 19.3. The lowest BCUT2D eigenvalue weighted by molar-refractivity contribution is -0.385. The van der Waals surface area contributed by atoms with Gasteiger partial charge in [-0.1, -0.05) is 0 Å². The highest BCUT2D eigenvalue weighted by molar-refractivity contribution is 9.10. The van der Waals surface area contributed by atoms with Crippen molar-refractivity contribution in [3.8, 4) is 0 Å². The molecule has 0 aromatic carbocycles. The van der Waals surface area contributed by atoms with Crippen LogP contribution < -0.4 is 0 Å². The van der Waals surface area contributed by atoms with Gasteiger partial charge in [-0.2, -0.15) is 10.2 Å². The number of amides is 1. The first kappa shape index (κ1) is 18.1. The van der Waals surface area contributed by atoms with E-state index in [1.54, 1.807) is 23.6 Å².